The Morgan fingerprint density at radius 3 is 2.50 bits per heavy atom. The smallest absolute Gasteiger partial charge is 0.124 e. The van der Waals surface area contributed by atoms with Gasteiger partial charge in [-0.25, -0.2) is 0 Å². The number of anilines is 2. The first-order chi connectivity index (χ1) is 8.74. The summed E-state index contributed by atoms with van der Waals surface area (Å²) >= 11 is 0. The van der Waals surface area contributed by atoms with Crippen molar-refractivity contribution < 1.29 is 4.74 Å². The van der Waals surface area contributed by atoms with Gasteiger partial charge in [0.25, 0.3) is 0 Å². The molecule has 0 unspecified atom stereocenters. The number of rotatable bonds is 2. The number of nitrogens with zero attached hydrogens (tertiary/aromatic N) is 1. The molecule has 0 aromatic heterocycles. The lowest BCUT2D eigenvalue weighted by Gasteiger charge is -2.20. The van der Waals surface area contributed by atoms with E-state index < -0.39 is 0 Å². The van der Waals surface area contributed by atoms with Crippen molar-refractivity contribution in [1.82, 2.24) is 0 Å². The van der Waals surface area contributed by atoms with E-state index in [2.05, 4.69) is 61.3 Å². The van der Waals surface area contributed by atoms with Gasteiger partial charge < -0.3 is 9.64 Å². The molecule has 1 heterocycles. The summed E-state index contributed by atoms with van der Waals surface area (Å²) in [6.07, 6.45) is 1.03. The average molecular weight is 239 g/mol. The van der Waals surface area contributed by atoms with E-state index in [0.717, 1.165) is 18.8 Å². The van der Waals surface area contributed by atoms with Crippen LogP contribution in [0.15, 0.2) is 42.5 Å². The van der Waals surface area contributed by atoms with Crippen LogP contribution in [0, 0.1) is 6.92 Å². The molecule has 2 nitrogen and oxygen atoms in total. The minimum absolute atomic E-state index is 0.813. The van der Waals surface area contributed by atoms with Crippen molar-refractivity contribution in [2.75, 3.05) is 18.6 Å². The summed E-state index contributed by atoms with van der Waals surface area (Å²) in [6, 6.07) is 15.0. The quantitative estimate of drug-likeness (QED) is 0.792. The Labute approximate surface area is 108 Å². The highest BCUT2D eigenvalue weighted by atomic mass is 16.5. The number of hydrogen-bond acceptors (Lipinski definition) is 2. The fraction of sp³-hybridized carbons (Fsp3) is 0.250. The van der Waals surface area contributed by atoms with Gasteiger partial charge in [-0.15, -0.1) is 0 Å². The van der Waals surface area contributed by atoms with Gasteiger partial charge in [-0.3, -0.25) is 0 Å². The summed E-state index contributed by atoms with van der Waals surface area (Å²) < 4.78 is 5.62. The number of benzene rings is 2. The molecule has 0 bridgehead atoms. The van der Waals surface area contributed by atoms with E-state index in [4.69, 9.17) is 4.74 Å². The molecule has 0 radical (unpaired) electrons. The summed E-state index contributed by atoms with van der Waals surface area (Å²) in [7, 11) is 2.08. The molecule has 2 aromatic carbocycles. The molecule has 0 atom stereocenters. The Bertz CT molecular complexity index is 560. The van der Waals surface area contributed by atoms with E-state index in [1.807, 2.05) is 0 Å². The molecule has 0 saturated heterocycles. The third-order valence-electron chi connectivity index (χ3n) is 3.49. The Morgan fingerprint density at radius 2 is 1.72 bits per heavy atom. The molecule has 2 aromatic rings. The van der Waals surface area contributed by atoms with Gasteiger partial charge in [-0.1, -0.05) is 23.8 Å². The molecule has 0 aliphatic carbocycles. The SMILES string of the molecule is Cc1ccc(N(C)c2ccc3c(c2)OCC3)cc1. The highest BCUT2D eigenvalue weighted by Crippen LogP contribution is 2.32. The maximum atomic E-state index is 5.62. The first-order valence-corrected chi connectivity index (χ1v) is 6.30. The second-order valence-corrected chi connectivity index (χ2v) is 4.79. The van der Waals surface area contributed by atoms with Crippen LogP contribution in [0.25, 0.3) is 0 Å². The lowest BCUT2D eigenvalue weighted by molar-refractivity contribution is 0.357. The molecule has 0 fully saturated rings. The third kappa shape index (κ3) is 1.94. The Hall–Kier alpha value is -1.96. The Morgan fingerprint density at radius 1 is 1.00 bits per heavy atom. The molecule has 18 heavy (non-hydrogen) atoms. The number of ether oxygens (including phenoxy) is 1. The maximum Gasteiger partial charge on any atom is 0.124 e. The standard InChI is InChI=1S/C16H17NO/c1-12-3-6-14(7-4-12)17(2)15-8-5-13-9-10-18-16(13)11-15/h3-8,11H,9-10H2,1-2H3. The van der Waals surface area contributed by atoms with Crippen LogP contribution in [0.3, 0.4) is 0 Å². The lowest BCUT2D eigenvalue weighted by Crippen LogP contribution is -2.09. The van der Waals surface area contributed by atoms with Crippen molar-refractivity contribution in [3.63, 3.8) is 0 Å². The van der Waals surface area contributed by atoms with Gasteiger partial charge in [0.15, 0.2) is 0 Å². The summed E-state index contributed by atoms with van der Waals surface area (Å²) in [6.45, 7) is 2.92. The second-order valence-electron chi connectivity index (χ2n) is 4.79. The van der Waals surface area contributed by atoms with Crippen LogP contribution in [-0.4, -0.2) is 13.7 Å². The van der Waals surface area contributed by atoms with E-state index in [1.165, 1.54) is 22.5 Å². The van der Waals surface area contributed by atoms with Crippen LogP contribution < -0.4 is 9.64 Å². The summed E-state index contributed by atoms with van der Waals surface area (Å²) in [5, 5.41) is 0. The summed E-state index contributed by atoms with van der Waals surface area (Å²) in [4.78, 5) is 2.18. The highest BCUT2D eigenvalue weighted by Gasteiger charge is 2.13. The topological polar surface area (TPSA) is 12.5 Å². The van der Waals surface area contributed by atoms with E-state index in [9.17, 15) is 0 Å². The number of aryl methyl sites for hydroxylation is 1. The maximum absolute atomic E-state index is 5.62. The minimum atomic E-state index is 0.813. The highest BCUT2D eigenvalue weighted by molar-refractivity contribution is 5.65. The molecule has 92 valence electrons. The van der Waals surface area contributed by atoms with Crippen molar-refractivity contribution in [3.05, 3.63) is 53.6 Å². The van der Waals surface area contributed by atoms with E-state index in [-0.39, 0.29) is 0 Å². The largest absolute Gasteiger partial charge is 0.493 e. The fourth-order valence-electron chi connectivity index (χ4n) is 2.28. The van der Waals surface area contributed by atoms with E-state index in [0.29, 0.717) is 0 Å². The van der Waals surface area contributed by atoms with E-state index in [1.54, 1.807) is 0 Å². The van der Waals surface area contributed by atoms with Gasteiger partial charge in [0, 0.05) is 30.9 Å². The van der Waals surface area contributed by atoms with Gasteiger partial charge in [0.2, 0.25) is 0 Å². The minimum Gasteiger partial charge on any atom is -0.493 e. The third-order valence-corrected chi connectivity index (χ3v) is 3.49. The predicted molar refractivity (Wildman–Crippen MR) is 74.9 cm³/mol. The number of fused-ring (bicyclic) bond motifs is 1. The second kappa shape index (κ2) is 4.37. The normalized spacial score (nSPS) is 13.0. The van der Waals surface area contributed by atoms with Crippen molar-refractivity contribution in [3.8, 4) is 5.75 Å². The van der Waals surface area contributed by atoms with Crippen LogP contribution in [-0.2, 0) is 6.42 Å². The zero-order valence-electron chi connectivity index (χ0n) is 10.8. The zero-order chi connectivity index (χ0) is 12.5. The summed E-state index contributed by atoms with van der Waals surface area (Å²) in [5.74, 6) is 1.03. The van der Waals surface area contributed by atoms with Crippen LogP contribution in [0.4, 0.5) is 11.4 Å². The molecule has 3 rings (SSSR count). The van der Waals surface area contributed by atoms with Gasteiger partial charge >= 0.3 is 0 Å². The predicted octanol–water partition coefficient (Wildman–Crippen LogP) is 3.70. The molecule has 1 aliphatic rings. The van der Waals surface area contributed by atoms with Crippen molar-refractivity contribution in [2.45, 2.75) is 13.3 Å². The van der Waals surface area contributed by atoms with Crippen LogP contribution >= 0.6 is 0 Å². The number of hydrogen-bond donors (Lipinski definition) is 0. The molecule has 0 N–H and O–H groups in total. The monoisotopic (exact) mass is 239 g/mol. The average Bonchev–Trinajstić information content (AvgIpc) is 2.86. The van der Waals surface area contributed by atoms with Gasteiger partial charge in [-0.05, 0) is 30.7 Å². The Balaban J connectivity index is 1.92. The molecular formula is C16H17NO. The summed E-state index contributed by atoms with van der Waals surface area (Å²) in [5.41, 5.74) is 4.96. The molecule has 0 saturated carbocycles. The van der Waals surface area contributed by atoms with Crippen LogP contribution in [0.1, 0.15) is 11.1 Å². The van der Waals surface area contributed by atoms with Gasteiger partial charge in [0.05, 0.1) is 6.61 Å². The zero-order valence-corrected chi connectivity index (χ0v) is 10.8. The fourth-order valence-corrected chi connectivity index (χ4v) is 2.28. The molecular weight excluding hydrogens is 222 g/mol. The molecule has 0 amide bonds. The van der Waals surface area contributed by atoms with Crippen molar-refractivity contribution in [2.24, 2.45) is 0 Å². The first-order valence-electron chi connectivity index (χ1n) is 6.30. The Kier molecular flexibility index (Phi) is 2.71. The molecule has 2 heteroatoms. The van der Waals surface area contributed by atoms with Crippen molar-refractivity contribution in [1.29, 1.82) is 0 Å². The first kappa shape index (κ1) is 11.1. The molecule has 0 spiro atoms. The molecule has 1 aliphatic heterocycles. The lowest BCUT2D eigenvalue weighted by atomic mass is 10.1. The van der Waals surface area contributed by atoms with Crippen LogP contribution in [0.2, 0.25) is 0 Å². The van der Waals surface area contributed by atoms with Gasteiger partial charge in [0.1, 0.15) is 5.75 Å². The van der Waals surface area contributed by atoms with E-state index >= 15 is 0 Å². The van der Waals surface area contributed by atoms with Crippen molar-refractivity contribution >= 4 is 11.4 Å². The van der Waals surface area contributed by atoms with Crippen LogP contribution in [0.5, 0.6) is 5.75 Å². The van der Waals surface area contributed by atoms with Gasteiger partial charge in [-0.2, -0.15) is 0 Å².